The van der Waals surface area contributed by atoms with Gasteiger partial charge in [0.2, 0.25) is 0 Å². The number of hydrogen-bond donors (Lipinski definition) is 0. The molecule has 0 spiro atoms. The van der Waals surface area contributed by atoms with E-state index in [1.165, 1.54) is 12.5 Å². The zero-order valence-electron chi connectivity index (χ0n) is 10.1. The number of carbonyl (C=O) groups is 2. The second kappa shape index (κ2) is 5.23. The Morgan fingerprint density at radius 3 is 2.71 bits per heavy atom. The van der Waals surface area contributed by atoms with E-state index < -0.39 is 5.92 Å². The van der Waals surface area contributed by atoms with E-state index in [9.17, 15) is 9.59 Å². The highest BCUT2D eigenvalue weighted by molar-refractivity contribution is 6.02. The molecule has 1 aromatic carbocycles. The lowest BCUT2D eigenvalue weighted by Gasteiger charge is -2.30. The minimum Gasteiger partial charge on any atom is -0.299 e. The van der Waals surface area contributed by atoms with Crippen LogP contribution >= 0.6 is 0 Å². The van der Waals surface area contributed by atoms with Crippen molar-refractivity contribution in [3.63, 3.8) is 0 Å². The molecule has 17 heavy (non-hydrogen) atoms. The first-order valence-corrected chi connectivity index (χ1v) is 5.96. The van der Waals surface area contributed by atoms with Gasteiger partial charge in [-0.15, -0.1) is 0 Å². The van der Waals surface area contributed by atoms with Crippen LogP contribution in [-0.4, -0.2) is 29.6 Å². The van der Waals surface area contributed by atoms with E-state index in [4.69, 9.17) is 0 Å². The summed E-state index contributed by atoms with van der Waals surface area (Å²) in [5, 5.41) is 0. The molecule has 0 aliphatic carbocycles. The first-order chi connectivity index (χ1) is 8.16. The third kappa shape index (κ3) is 3.01. The van der Waals surface area contributed by atoms with Gasteiger partial charge in [0.15, 0.2) is 0 Å². The van der Waals surface area contributed by atoms with Crippen LogP contribution < -0.4 is 0 Å². The molecule has 0 saturated carbocycles. The largest absolute Gasteiger partial charge is 0.299 e. The quantitative estimate of drug-likeness (QED) is 0.743. The van der Waals surface area contributed by atoms with E-state index in [-0.39, 0.29) is 11.6 Å². The van der Waals surface area contributed by atoms with Crippen molar-refractivity contribution in [3.05, 3.63) is 35.9 Å². The second-order valence-electron chi connectivity index (χ2n) is 4.60. The van der Waals surface area contributed by atoms with E-state index in [0.29, 0.717) is 13.0 Å². The monoisotopic (exact) mass is 231 g/mol. The molecule has 2 rings (SSSR count). The van der Waals surface area contributed by atoms with E-state index >= 15 is 0 Å². The molecule has 3 nitrogen and oxygen atoms in total. The molecule has 1 saturated heterocycles. The Labute approximate surface area is 101 Å². The minimum atomic E-state index is -0.410. The Bertz CT molecular complexity index is 413. The summed E-state index contributed by atoms with van der Waals surface area (Å²) in [6.07, 6.45) is 0.497. The second-order valence-corrected chi connectivity index (χ2v) is 4.60. The van der Waals surface area contributed by atoms with Gasteiger partial charge in [0.25, 0.3) is 0 Å². The van der Waals surface area contributed by atoms with Gasteiger partial charge >= 0.3 is 0 Å². The van der Waals surface area contributed by atoms with Crippen LogP contribution in [0.4, 0.5) is 0 Å². The molecular formula is C14H17NO2. The third-order valence-electron chi connectivity index (χ3n) is 3.24. The van der Waals surface area contributed by atoms with Crippen molar-refractivity contribution >= 4 is 11.6 Å². The first-order valence-electron chi connectivity index (χ1n) is 5.96. The Hall–Kier alpha value is -1.48. The summed E-state index contributed by atoms with van der Waals surface area (Å²) in [6, 6.07) is 10.1. The molecular weight excluding hydrogens is 214 g/mol. The summed E-state index contributed by atoms with van der Waals surface area (Å²) in [5.74, 6) is -0.318. The molecule has 0 radical (unpaired) electrons. The highest BCUT2D eigenvalue weighted by atomic mass is 16.1. The number of piperidine rings is 1. The maximum atomic E-state index is 11.6. The van der Waals surface area contributed by atoms with Gasteiger partial charge < -0.3 is 0 Å². The van der Waals surface area contributed by atoms with Gasteiger partial charge in [-0.1, -0.05) is 30.3 Å². The van der Waals surface area contributed by atoms with Crippen molar-refractivity contribution in [2.24, 2.45) is 5.92 Å². The van der Waals surface area contributed by atoms with Gasteiger partial charge in [-0.25, -0.2) is 0 Å². The van der Waals surface area contributed by atoms with Crippen LogP contribution in [-0.2, 0) is 16.1 Å². The predicted molar refractivity (Wildman–Crippen MR) is 65.5 cm³/mol. The van der Waals surface area contributed by atoms with Gasteiger partial charge in [-0.3, -0.25) is 14.5 Å². The van der Waals surface area contributed by atoms with Crippen LogP contribution in [0.2, 0.25) is 0 Å². The van der Waals surface area contributed by atoms with E-state index in [0.717, 1.165) is 13.1 Å². The molecule has 1 unspecified atom stereocenters. The normalized spacial score (nSPS) is 21.5. The number of benzene rings is 1. The average Bonchev–Trinajstić information content (AvgIpc) is 2.32. The highest BCUT2D eigenvalue weighted by Crippen LogP contribution is 2.16. The van der Waals surface area contributed by atoms with Crippen LogP contribution in [0.5, 0.6) is 0 Å². The highest BCUT2D eigenvalue weighted by Gasteiger charge is 2.30. The minimum absolute atomic E-state index is 0.00670. The molecule has 0 aromatic heterocycles. The number of carbonyl (C=O) groups excluding carboxylic acids is 2. The van der Waals surface area contributed by atoms with E-state index in [1.54, 1.807) is 0 Å². The lowest BCUT2D eigenvalue weighted by Crippen LogP contribution is -2.43. The topological polar surface area (TPSA) is 37.4 Å². The molecule has 3 heteroatoms. The Morgan fingerprint density at radius 1 is 1.35 bits per heavy atom. The fourth-order valence-corrected chi connectivity index (χ4v) is 2.23. The van der Waals surface area contributed by atoms with Crippen molar-refractivity contribution in [2.75, 3.05) is 13.1 Å². The maximum Gasteiger partial charge on any atom is 0.145 e. The summed E-state index contributed by atoms with van der Waals surface area (Å²) in [5.41, 5.74) is 1.23. The SMILES string of the molecule is CC(=O)C1CN(Cc2ccccc2)CCC1=O. The molecule has 1 fully saturated rings. The molecule has 1 atom stereocenters. The van der Waals surface area contributed by atoms with Crippen LogP contribution in [0.25, 0.3) is 0 Å². The van der Waals surface area contributed by atoms with Crippen LogP contribution in [0.1, 0.15) is 18.9 Å². The van der Waals surface area contributed by atoms with Crippen molar-refractivity contribution in [2.45, 2.75) is 19.9 Å². The fraction of sp³-hybridized carbons (Fsp3) is 0.429. The Kier molecular flexibility index (Phi) is 3.69. The molecule has 1 aliphatic heterocycles. The van der Waals surface area contributed by atoms with E-state index in [1.807, 2.05) is 18.2 Å². The summed E-state index contributed by atoms with van der Waals surface area (Å²) in [4.78, 5) is 25.1. The van der Waals surface area contributed by atoms with Crippen molar-refractivity contribution in [3.8, 4) is 0 Å². The molecule has 1 aliphatic rings. The number of rotatable bonds is 3. The van der Waals surface area contributed by atoms with Crippen molar-refractivity contribution in [1.82, 2.24) is 4.90 Å². The summed E-state index contributed by atoms with van der Waals surface area (Å²) in [7, 11) is 0. The smallest absolute Gasteiger partial charge is 0.145 e. The van der Waals surface area contributed by atoms with Gasteiger partial charge in [0.1, 0.15) is 11.6 Å². The van der Waals surface area contributed by atoms with Gasteiger partial charge in [0, 0.05) is 26.1 Å². The average molecular weight is 231 g/mol. The Morgan fingerprint density at radius 2 is 2.06 bits per heavy atom. The van der Waals surface area contributed by atoms with Gasteiger partial charge in [0.05, 0.1) is 5.92 Å². The third-order valence-corrected chi connectivity index (χ3v) is 3.24. The fourth-order valence-electron chi connectivity index (χ4n) is 2.23. The first kappa shape index (κ1) is 12.0. The van der Waals surface area contributed by atoms with Crippen LogP contribution in [0.15, 0.2) is 30.3 Å². The number of likely N-dealkylation sites (tertiary alicyclic amines) is 1. The molecule has 1 aromatic rings. The lowest BCUT2D eigenvalue weighted by atomic mass is 9.93. The molecule has 0 N–H and O–H groups in total. The molecule has 90 valence electrons. The van der Waals surface area contributed by atoms with E-state index in [2.05, 4.69) is 17.0 Å². The zero-order valence-corrected chi connectivity index (χ0v) is 10.1. The number of nitrogens with zero attached hydrogens (tertiary/aromatic N) is 1. The van der Waals surface area contributed by atoms with Crippen molar-refractivity contribution in [1.29, 1.82) is 0 Å². The van der Waals surface area contributed by atoms with Crippen LogP contribution in [0.3, 0.4) is 0 Å². The Balaban J connectivity index is 1.99. The predicted octanol–water partition coefficient (Wildman–Crippen LogP) is 1.67. The zero-order chi connectivity index (χ0) is 12.3. The molecule has 0 amide bonds. The summed E-state index contributed by atoms with van der Waals surface area (Å²) in [6.45, 7) is 3.66. The summed E-state index contributed by atoms with van der Waals surface area (Å²) < 4.78 is 0. The number of Topliss-reactive ketones (excluding diaryl/α,β-unsaturated/α-hetero) is 2. The van der Waals surface area contributed by atoms with Crippen molar-refractivity contribution < 1.29 is 9.59 Å². The standard InChI is InChI=1S/C14H17NO2/c1-11(16)13-10-15(8-7-14(13)17)9-12-5-3-2-4-6-12/h2-6,13H,7-10H2,1H3. The molecule has 0 bridgehead atoms. The number of ketones is 2. The van der Waals surface area contributed by atoms with Gasteiger partial charge in [-0.2, -0.15) is 0 Å². The lowest BCUT2D eigenvalue weighted by molar-refractivity contribution is -0.135. The van der Waals surface area contributed by atoms with Gasteiger partial charge in [-0.05, 0) is 12.5 Å². The maximum absolute atomic E-state index is 11.6. The number of hydrogen-bond acceptors (Lipinski definition) is 3. The van der Waals surface area contributed by atoms with Crippen LogP contribution in [0, 0.1) is 5.92 Å². The summed E-state index contributed by atoms with van der Waals surface area (Å²) >= 11 is 0. The molecule has 1 heterocycles.